The topological polar surface area (TPSA) is 71.1 Å². The number of hydrogen-bond donors (Lipinski definition) is 0. The van der Waals surface area contributed by atoms with Crippen molar-refractivity contribution in [3.63, 3.8) is 0 Å². The van der Waals surface area contributed by atoms with Gasteiger partial charge in [0.05, 0.1) is 18.4 Å². The Kier molecular flexibility index (Phi) is 10.3. The third-order valence-corrected chi connectivity index (χ3v) is 4.08. The number of ether oxygens (including phenoxy) is 3. The lowest BCUT2D eigenvalue weighted by molar-refractivity contribution is -0.157. The minimum Gasteiger partial charge on any atom is -0.463 e. The molecule has 130 valence electrons. The van der Waals surface area contributed by atoms with E-state index >= 15 is 0 Å². The van der Waals surface area contributed by atoms with E-state index in [1.807, 2.05) is 26.6 Å². The number of rotatable bonds is 11. The predicted molar refractivity (Wildman–Crippen MR) is 85.8 cm³/mol. The van der Waals surface area contributed by atoms with Gasteiger partial charge in [0.1, 0.15) is 6.61 Å². The summed E-state index contributed by atoms with van der Waals surface area (Å²) < 4.78 is 20.5. The van der Waals surface area contributed by atoms with Crippen LogP contribution in [0.4, 0.5) is 0 Å². The summed E-state index contributed by atoms with van der Waals surface area (Å²) in [6.45, 7) is 10.3. The van der Waals surface area contributed by atoms with Crippen LogP contribution in [0.15, 0.2) is 0 Å². The van der Waals surface area contributed by atoms with Crippen LogP contribution in [0.5, 0.6) is 0 Å². The molecular formula is C15H30O6Si. The summed E-state index contributed by atoms with van der Waals surface area (Å²) in [5.74, 6) is -1.32. The molecule has 0 saturated heterocycles. The van der Waals surface area contributed by atoms with Gasteiger partial charge in [0, 0.05) is 7.11 Å². The van der Waals surface area contributed by atoms with Crippen molar-refractivity contribution in [2.45, 2.75) is 46.3 Å². The van der Waals surface area contributed by atoms with Gasteiger partial charge in [-0.3, -0.25) is 9.59 Å². The molecule has 0 aromatic heterocycles. The normalized spacial score (nSPS) is 14.3. The van der Waals surface area contributed by atoms with Gasteiger partial charge in [-0.2, -0.15) is 0 Å². The fraction of sp³-hybridized carbons (Fsp3) is 0.867. The number of carbonyl (C=O) groups is 2. The molecule has 0 saturated carbocycles. The van der Waals surface area contributed by atoms with E-state index < -0.39 is 8.32 Å². The summed E-state index contributed by atoms with van der Waals surface area (Å²) in [5.41, 5.74) is 0. The first-order valence-corrected chi connectivity index (χ1v) is 11.1. The lowest BCUT2D eigenvalue weighted by atomic mass is 9.94. The summed E-state index contributed by atoms with van der Waals surface area (Å²) in [4.78, 5) is 23.8. The number of esters is 2. The SMILES string of the molecule is CCC(CC(C)C(=O)OCCOC)C(=O)OCO[Si](C)(C)C. The van der Waals surface area contributed by atoms with Crippen LogP contribution >= 0.6 is 0 Å². The molecule has 0 aliphatic carbocycles. The standard InChI is InChI=1S/C15H30O6Si/c1-7-13(15(17)20-11-21-22(4,5)6)10-12(2)14(16)19-9-8-18-3/h12-13H,7-11H2,1-6H3. The van der Waals surface area contributed by atoms with Crippen molar-refractivity contribution in [1.29, 1.82) is 0 Å². The van der Waals surface area contributed by atoms with Crippen molar-refractivity contribution in [2.24, 2.45) is 11.8 Å². The Hall–Kier alpha value is -0.923. The minimum atomic E-state index is -1.70. The minimum absolute atomic E-state index is 0.0161. The zero-order valence-corrected chi connectivity index (χ0v) is 15.6. The van der Waals surface area contributed by atoms with Gasteiger partial charge in [0.25, 0.3) is 0 Å². The molecule has 22 heavy (non-hydrogen) atoms. The fourth-order valence-electron chi connectivity index (χ4n) is 1.70. The molecule has 0 rings (SSSR count). The second-order valence-corrected chi connectivity index (χ2v) is 10.8. The van der Waals surface area contributed by atoms with E-state index in [2.05, 4.69) is 0 Å². The summed E-state index contributed by atoms with van der Waals surface area (Å²) in [6, 6.07) is 0. The van der Waals surface area contributed by atoms with Gasteiger partial charge < -0.3 is 18.6 Å². The second kappa shape index (κ2) is 10.7. The molecule has 0 bridgehead atoms. The second-order valence-electron chi connectivity index (χ2n) is 6.24. The molecule has 0 aliphatic rings. The van der Waals surface area contributed by atoms with E-state index in [0.717, 1.165) is 0 Å². The molecule has 0 aromatic rings. The highest BCUT2D eigenvalue weighted by atomic mass is 28.4. The van der Waals surface area contributed by atoms with Crippen LogP contribution in [0.2, 0.25) is 19.6 Å². The molecule has 7 heteroatoms. The van der Waals surface area contributed by atoms with Crippen LogP contribution in [-0.4, -0.2) is 47.4 Å². The molecule has 0 N–H and O–H groups in total. The number of methoxy groups -OCH3 is 1. The van der Waals surface area contributed by atoms with Crippen molar-refractivity contribution < 1.29 is 28.2 Å². The van der Waals surface area contributed by atoms with Crippen molar-refractivity contribution >= 4 is 20.3 Å². The molecule has 0 fully saturated rings. The summed E-state index contributed by atoms with van der Waals surface area (Å²) in [7, 11) is -0.156. The maximum atomic E-state index is 12.0. The Morgan fingerprint density at radius 2 is 1.68 bits per heavy atom. The zero-order valence-electron chi connectivity index (χ0n) is 14.6. The van der Waals surface area contributed by atoms with Crippen LogP contribution in [0, 0.1) is 11.8 Å². The van der Waals surface area contributed by atoms with E-state index in [0.29, 0.717) is 19.4 Å². The van der Waals surface area contributed by atoms with Crippen molar-refractivity contribution in [2.75, 3.05) is 27.1 Å². The van der Waals surface area contributed by atoms with Crippen LogP contribution < -0.4 is 0 Å². The largest absolute Gasteiger partial charge is 0.463 e. The Bertz CT molecular complexity index is 339. The highest BCUT2D eigenvalue weighted by molar-refractivity contribution is 6.69. The molecule has 2 atom stereocenters. The van der Waals surface area contributed by atoms with Crippen molar-refractivity contribution in [1.82, 2.24) is 0 Å². The van der Waals surface area contributed by atoms with Crippen LogP contribution in [0.25, 0.3) is 0 Å². The predicted octanol–water partition coefficient (Wildman–Crippen LogP) is 2.58. The molecule has 0 heterocycles. The van der Waals surface area contributed by atoms with Gasteiger partial charge in [-0.1, -0.05) is 13.8 Å². The van der Waals surface area contributed by atoms with Crippen molar-refractivity contribution in [3.05, 3.63) is 0 Å². The van der Waals surface area contributed by atoms with Crippen molar-refractivity contribution in [3.8, 4) is 0 Å². The third kappa shape index (κ3) is 9.91. The van der Waals surface area contributed by atoms with Crippen LogP contribution in [-0.2, 0) is 28.2 Å². The highest BCUT2D eigenvalue weighted by Gasteiger charge is 2.26. The van der Waals surface area contributed by atoms with E-state index in [1.54, 1.807) is 14.0 Å². The molecule has 0 radical (unpaired) electrons. The highest BCUT2D eigenvalue weighted by Crippen LogP contribution is 2.19. The number of hydrogen-bond acceptors (Lipinski definition) is 6. The van der Waals surface area contributed by atoms with Gasteiger partial charge in [-0.15, -0.1) is 0 Å². The van der Waals surface area contributed by atoms with Gasteiger partial charge in [0.2, 0.25) is 0 Å². The summed E-state index contributed by atoms with van der Waals surface area (Å²) in [6.07, 6.45) is 1.02. The Morgan fingerprint density at radius 1 is 1.05 bits per heavy atom. The Balaban J connectivity index is 4.22. The van der Waals surface area contributed by atoms with Crippen LogP contribution in [0.1, 0.15) is 26.7 Å². The van der Waals surface area contributed by atoms with E-state index in [9.17, 15) is 9.59 Å². The smallest absolute Gasteiger partial charge is 0.311 e. The monoisotopic (exact) mass is 334 g/mol. The molecular weight excluding hydrogens is 304 g/mol. The average Bonchev–Trinajstić information content (AvgIpc) is 2.42. The molecule has 2 unspecified atom stereocenters. The lowest BCUT2D eigenvalue weighted by Gasteiger charge is -2.20. The Labute approximate surface area is 134 Å². The first-order chi connectivity index (χ1) is 10.2. The van der Waals surface area contributed by atoms with E-state index in [-0.39, 0.29) is 37.2 Å². The third-order valence-electron chi connectivity index (χ3n) is 3.09. The first-order valence-electron chi connectivity index (χ1n) is 7.67. The fourth-order valence-corrected chi connectivity index (χ4v) is 2.12. The molecule has 0 spiro atoms. The van der Waals surface area contributed by atoms with E-state index in [4.69, 9.17) is 18.6 Å². The summed E-state index contributed by atoms with van der Waals surface area (Å²) >= 11 is 0. The maximum Gasteiger partial charge on any atom is 0.311 e. The van der Waals surface area contributed by atoms with Gasteiger partial charge in [-0.25, -0.2) is 0 Å². The molecule has 0 aliphatic heterocycles. The van der Waals surface area contributed by atoms with E-state index in [1.165, 1.54) is 0 Å². The molecule has 0 amide bonds. The quantitative estimate of drug-likeness (QED) is 0.250. The Morgan fingerprint density at radius 3 is 2.18 bits per heavy atom. The number of carbonyl (C=O) groups excluding carboxylic acids is 2. The average molecular weight is 334 g/mol. The first kappa shape index (κ1) is 21.1. The molecule has 0 aromatic carbocycles. The lowest BCUT2D eigenvalue weighted by Crippen LogP contribution is -2.30. The summed E-state index contributed by atoms with van der Waals surface area (Å²) in [5, 5.41) is 0. The zero-order chi connectivity index (χ0) is 17.2. The van der Waals surface area contributed by atoms with Gasteiger partial charge in [-0.05, 0) is 32.5 Å². The molecule has 6 nitrogen and oxygen atoms in total. The van der Waals surface area contributed by atoms with Gasteiger partial charge in [0.15, 0.2) is 15.1 Å². The maximum absolute atomic E-state index is 12.0. The van der Waals surface area contributed by atoms with Gasteiger partial charge >= 0.3 is 11.9 Å². The van der Waals surface area contributed by atoms with Crippen LogP contribution in [0.3, 0.4) is 0 Å².